The van der Waals surface area contributed by atoms with E-state index in [2.05, 4.69) is 12.1 Å². The second-order valence-corrected chi connectivity index (χ2v) is 11.7. The van der Waals surface area contributed by atoms with Crippen molar-refractivity contribution in [2.45, 2.75) is 60.0 Å². The van der Waals surface area contributed by atoms with E-state index in [-0.39, 0.29) is 22.6 Å². The normalized spacial score (nSPS) is 18.5. The van der Waals surface area contributed by atoms with Crippen LogP contribution in [0.3, 0.4) is 0 Å². The molecule has 5 nitrogen and oxygen atoms in total. The standard InChI is InChI=1S/C34H34FN3O2/c1-20-9-11-26(12-10-20)40-19-23-14-27(22(3)13-21(23)2)31-28(18-36)33(37)38(25-8-6-7-24(35)15-25)29-16-34(4,5)17-30(39)32(29)31/h6-15,31H,16-17,19,37H2,1-5H3. The van der Waals surface area contributed by atoms with Gasteiger partial charge in [0, 0.05) is 17.7 Å². The van der Waals surface area contributed by atoms with Gasteiger partial charge in [0.2, 0.25) is 0 Å². The zero-order chi connectivity index (χ0) is 28.8. The van der Waals surface area contributed by atoms with Crippen LogP contribution in [0, 0.1) is 43.3 Å². The molecule has 40 heavy (non-hydrogen) atoms. The van der Waals surface area contributed by atoms with E-state index in [9.17, 15) is 14.4 Å². The van der Waals surface area contributed by atoms with Crippen molar-refractivity contribution in [3.8, 4) is 11.8 Å². The Labute approximate surface area is 235 Å². The molecular weight excluding hydrogens is 501 g/mol. The van der Waals surface area contributed by atoms with Crippen molar-refractivity contribution in [1.29, 1.82) is 5.26 Å². The van der Waals surface area contributed by atoms with Crippen molar-refractivity contribution in [1.82, 2.24) is 0 Å². The quantitative estimate of drug-likeness (QED) is 0.372. The minimum atomic E-state index is -0.618. The molecule has 1 aliphatic carbocycles. The molecule has 0 fully saturated rings. The molecule has 0 aromatic heterocycles. The van der Waals surface area contributed by atoms with Crippen LogP contribution in [0.15, 0.2) is 83.3 Å². The number of allylic oxidation sites excluding steroid dienone is 3. The fraction of sp³-hybridized carbons (Fsp3) is 0.294. The maximum absolute atomic E-state index is 14.3. The second-order valence-electron chi connectivity index (χ2n) is 11.7. The Morgan fingerprint density at radius 2 is 1.77 bits per heavy atom. The molecule has 6 heteroatoms. The van der Waals surface area contributed by atoms with Gasteiger partial charge in [-0.3, -0.25) is 9.69 Å². The maximum Gasteiger partial charge on any atom is 0.162 e. The number of nitriles is 1. The number of ether oxygens (including phenoxy) is 1. The molecule has 1 unspecified atom stereocenters. The maximum atomic E-state index is 14.3. The van der Waals surface area contributed by atoms with Gasteiger partial charge in [-0.2, -0.15) is 5.26 Å². The van der Waals surface area contributed by atoms with Crippen molar-refractivity contribution in [3.63, 3.8) is 0 Å². The summed E-state index contributed by atoms with van der Waals surface area (Å²) in [5, 5.41) is 10.4. The van der Waals surface area contributed by atoms with Gasteiger partial charge in [0.1, 0.15) is 24.0 Å². The topological polar surface area (TPSA) is 79.3 Å². The molecule has 1 aliphatic heterocycles. The Hall–Kier alpha value is -4.37. The number of benzene rings is 3. The zero-order valence-corrected chi connectivity index (χ0v) is 23.6. The first-order valence-corrected chi connectivity index (χ1v) is 13.5. The number of carbonyl (C=O) groups is 1. The van der Waals surface area contributed by atoms with Crippen LogP contribution in [0.4, 0.5) is 10.1 Å². The lowest BCUT2D eigenvalue weighted by atomic mass is 9.68. The lowest BCUT2D eigenvalue weighted by Gasteiger charge is -2.44. The van der Waals surface area contributed by atoms with Crippen molar-refractivity contribution in [2.24, 2.45) is 11.1 Å². The summed E-state index contributed by atoms with van der Waals surface area (Å²) in [5.74, 6) is -0.0589. The fourth-order valence-corrected chi connectivity index (χ4v) is 5.91. The van der Waals surface area contributed by atoms with Crippen LogP contribution in [0.25, 0.3) is 0 Å². The molecule has 204 valence electrons. The van der Waals surface area contributed by atoms with E-state index >= 15 is 0 Å². The van der Waals surface area contributed by atoms with Gasteiger partial charge in [0.05, 0.1) is 23.2 Å². The molecule has 1 heterocycles. The number of halogens is 1. The number of rotatable bonds is 5. The Morgan fingerprint density at radius 3 is 2.45 bits per heavy atom. The number of ketones is 1. The zero-order valence-electron chi connectivity index (χ0n) is 23.6. The van der Waals surface area contributed by atoms with Gasteiger partial charge in [-0.25, -0.2) is 4.39 Å². The molecule has 3 aromatic rings. The third kappa shape index (κ3) is 5.00. The SMILES string of the molecule is Cc1ccc(OCc2cc(C3C(C#N)=C(N)N(c4cccc(F)c4)C4=C3C(=O)CC(C)(C)C4)c(C)cc2C)cc1. The highest BCUT2D eigenvalue weighted by Gasteiger charge is 2.45. The number of Topliss-reactive ketones (excluding diaryl/α,β-unsaturated/α-hetero) is 1. The highest BCUT2D eigenvalue weighted by molar-refractivity contribution is 6.01. The predicted octanol–water partition coefficient (Wildman–Crippen LogP) is 7.27. The van der Waals surface area contributed by atoms with Crippen LogP contribution in [-0.2, 0) is 11.4 Å². The van der Waals surface area contributed by atoms with Crippen molar-refractivity contribution >= 4 is 11.5 Å². The molecule has 0 saturated heterocycles. The lowest BCUT2D eigenvalue weighted by molar-refractivity contribution is -0.118. The van der Waals surface area contributed by atoms with Crippen LogP contribution in [0.1, 0.15) is 60.4 Å². The number of aryl methyl sites for hydroxylation is 3. The summed E-state index contributed by atoms with van der Waals surface area (Å²) in [6.45, 7) is 10.5. The smallest absolute Gasteiger partial charge is 0.162 e. The van der Waals surface area contributed by atoms with Crippen LogP contribution in [0.2, 0.25) is 0 Å². The molecule has 5 rings (SSSR count). The van der Waals surface area contributed by atoms with Gasteiger partial charge in [-0.05, 0) is 85.2 Å². The van der Waals surface area contributed by atoms with Gasteiger partial charge >= 0.3 is 0 Å². The number of anilines is 1. The number of hydrogen-bond acceptors (Lipinski definition) is 5. The fourth-order valence-electron chi connectivity index (χ4n) is 5.91. The summed E-state index contributed by atoms with van der Waals surface area (Å²) in [6.07, 6.45) is 0.918. The van der Waals surface area contributed by atoms with E-state index in [1.807, 2.05) is 65.0 Å². The molecule has 0 amide bonds. The summed E-state index contributed by atoms with van der Waals surface area (Å²) >= 11 is 0. The van der Waals surface area contributed by atoms with E-state index in [0.717, 1.165) is 39.3 Å². The molecule has 2 aliphatic rings. The molecule has 0 radical (unpaired) electrons. The van der Waals surface area contributed by atoms with E-state index in [0.29, 0.717) is 30.7 Å². The molecule has 0 saturated carbocycles. The number of nitrogens with zero attached hydrogens (tertiary/aromatic N) is 2. The molecular formula is C34H34FN3O2. The van der Waals surface area contributed by atoms with E-state index < -0.39 is 11.7 Å². The second kappa shape index (κ2) is 10.3. The third-order valence-electron chi connectivity index (χ3n) is 7.90. The highest BCUT2D eigenvalue weighted by Crippen LogP contribution is 2.50. The van der Waals surface area contributed by atoms with Crippen LogP contribution in [-0.4, -0.2) is 5.78 Å². The summed E-state index contributed by atoms with van der Waals surface area (Å²) < 4.78 is 20.4. The highest BCUT2D eigenvalue weighted by atomic mass is 19.1. The minimum absolute atomic E-state index is 0.0182. The molecule has 0 bridgehead atoms. The average Bonchev–Trinajstić information content (AvgIpc) is 2.88. The Bertz CT molecular complexity index is 1610. The van der Waals surface area contributed by atoms with Gasteiger partial charge in [-0.15, -0.1) is 0 Å². The monoisotopic (exact) mass is 535 g/mol. The lowest BCUT2D eigenvalue weighted by Crippen LogP contribution is -2.42. The van der Waals surface area contributed by atoms with E-state index in [1.165, 1.54) is 12.1 Å². The van der Waals surface area contributed by atoms with Crippen LogP contribution in [0.5, 0.6) is 5.75 Å². The van der Waals surface area contributed by atoms with E-state index in [4.69, 9.17) is 10.5 Å². The van der Waals surface area contributed by atoms with Gasteiger partial charge in [0.15, 0.2) is 5.78 Å². The Morgan fingerprint density at radius 1 is 1.05 bits per heavy atom. The first-order valence-electron chi connectivity index (χ1n) is 13.5. The number of hydrogen-bond donors (Lipinski definition) is 1. The first kappa shape index (κ1) is 27.2. The number of nitrogens with two attached hydrogens (primary N) is 1. The molecule has 3 aromatic carbocycles. The summed E-state index contributed by atoms with van der Waals surface area (Å²) in [4.78, 5) is 15.6. The largest absolute Gasteiger partial charge is 0.489 e. The van der Waals surface area contributed by atoms with Crippen molar-refractivity contribution < 1.29 is 13.9 Å². The predicted molar refractivity (Wildman–Crippen MR) is 155 cm³/mol. The minimum Gasteiger partial charge on any atom is -0.489 e. The Balaban J connectivity index is 1.66. The average molecular weight is 536 g/mol. The summed E-state index contributed by atoms with van der Waals surface area (Å²) in [7, 11) is 0. The van der Waals surface area contributed by atoms with Gasteiger partial charge < -0.3 is 10.5 Å². The first-order chi connectivity index (χ1) is 19.0. The molecule has 2 N–H and O–H groups in total. The summed E-state index contributed by atoms with van der Waals surface area (Å²) in [6, 6.07) is 20.4. The van der Waals surface area contributed by atoms with E-state index in [1.54, 1.807) is 17.0 Å². The summed E-state index contributed by atoms with van der Waals surface area (Å²) in [5.41, 5.74) is 13.5. The molecule has 0 spiro atoms. The van der Waals surface area contributed by atoms with Crippen molar-refractivity contribution in [3.05, 3.63) is 117 Å². The van der Waals surface area contributed by atoms with Crippen LogP contribution < -0.4 is 15.4 Å². The molecule has 1 atom stereocenters. The third-order valence-corrected chi connectivity index (χ3v) is 7.90. The van der Waals surface area contributed by atoms with Gasteiger partial charge in [-0.1, -0.05) is 49.7 Å². The van der Waals surface area contributed by atoms with Gasteiger partial charge in [0.25, 0.3) is 0 Å². The van der Waals surface area contributed by atoms with Crippen molar-refractivity contribution in [2.75, 3.05) is 4.90 Å². The van der Waals surface area contributed by atoms with Crippen LogP contribution >= 0.6 is 0 Å². The number of carbonyl (C=O) groups excluding carboxylic acids is 1. The Kier molecular flexibility index (Phi) is 7.01.